The molecule has 0 unspecified atom stereocenters. The van der Waals surface area contributed by atoms with Crippen LogP contribution in [-0.4, -0.2) is 24.5 Å². The number of urea groups is 1. The van der Waals surface area contributed by atoms with Gasteiger partial charge in [0, 0.05) is 5.69 Å². The van der Waals surface area contributed by atoms with E-state index in [9.17, 15) is 14.4 Å². The van der Waals surface area contributed by atoms with Crippen LogP contribution in [0.1, 0.15) is 5.56 Å². The van der Waals surface area contributed by atoms with Gasteiger partial charge in [-0.3, -0.25) is 14.9 Å². The molecule has 1 aliphatic heterocycles. The van der Waals surface area contributed by atoms with E-state index in [1.165, 1.54) is 0 Å². The summed E-state index contributed by atoms with van der Waals surface area (Å²) < 4.78 is 5.42. The smallest absolute Gasteiger partial charge is 0.326 e. The molecular formula is C18H15N3O4. The number of nitrogens with one attached hydrogen (secondary N) is 3. The number of ether oxygens (including phenoxy) is 1. The van der Waals surface area contributed by atoms with Crippen LogP contribution in [0.2, 0.25) is 0 Å². The Labute approximate surface area is 143 Å². The van der Waals surface area contributed by atoms with Gasteiger partial charge in [0.1, 0.15) is 11.4 Å². The number of benzene rings is 2. The van der Waals surface area contributed by atoms with Crippen molar-refractivity contribution in [3.05, 3.63) is 65.9 Å². The van der Waals surface area contributed by atoms with Crippen LogP contribution >= 0.6 is 0 Å². The van der Waals surface area contributed by atoms with Crippen molar-refractivity contribution in [2.75, 3.05) is 11.9 Å². The third-order valence-electron chi connectivity index (χ3n) is 3.34. The van der Waals surface area contributed by atoms with Crippen molar-refractivity contribution in [2.24, 2.45) is 0 Å². The Morgan fingerprint density at radius 3 is 2.36 bits per heavy atom. The molecule has 7 heteroatoms. The van der Waals surface area contributed by atoms with Crippen molar-refractivity contribution in [1.29, 1.82) is 0 Å². The molecule has 7 nitrogen and oxygen atoms in total. The van der Waals surface area contributed by atoms with E-state index in [-0.39, 0.29) is 18.2 Å². The first-order valence-corrected chi connectivity index (χ1v) is 7.52. The number of carbonyl (C=O) groups is 3. The molecule has 126 valence electrons. The highest BCUT2D eigenvalue weighted by Crippen LogP contribution is 2.15. The fourth-order valence-electron chi connectivity index (χ4n) is 2.18. The van der Waals surface area contributed by atoms with Gasteiger partial charge in [0.05, 0.1) is 0 Å². The van der Waals surface area contributed by atoms with Crippen LogP contribution in [0.15, 0.2) is 60.3 Å². The number of para-hydroxylation sites is 1. The Morgan fingerprint density at radius 2 is 1.72 bits per heavy atom. The van der Waals surface area contributed by atoms with Gasteiger partial charge >= 0.3 is 6.03 Å². The molecule has 1 aliphatic rings. The average Bonchev–Trinajstić information content (AvgIpc) is 2.92. The number of hydrogen-bond acceptors (Lipinski definition) is 4. The molecule has 0 radical (unpaired) electrons. The zero-order valence-corrected chi connectivity index (χ0v) is 13.1. The second kappa shape index (κ2) is 7.31. The summed E-state index contributed by atoms with van der Waals surface area (Å²) in [5.74, 6) is -0.212. The third-order valence-corrected chi connectivity index (χ3v) is 3.34. The van der Waals surface area contributed by atoms with E-state index in [1.807, 2.05) is 18.2 Å². The molecule has 0 saturated carbocycles. The molecule has 4 amide bonds. The van der Waals surface area contributed by atoms with Crippen molar-refractivity contribution in [3.8, 4) is 5.75 Å². The third kappa shape index (κ3) is 4.44. The maximum Gasteiger partial charge on any atom is 0.326 e. The number of rotatable bonds is 5. The lowest BCUT2D eigenvalue weighted by Gasteiger charge is -2.07. The second-order valence-corrected chi connectivity index (χ2v) is 5.24. The number of hydrogen-bond donors (Lipinski definition) is 3. The largest absolute Gasteiger partial charge is 0.484 e. The van der Waals surface area contributed by atoms with E-state index in [0.29, 0.717) is 17.0 Å². The fourth-order valence-corrected chi connectivity index (χ4v) is 2.18. The minimum Gasteiger partial charge on any atom is -0.484 e. The minimum absolute atomic E-state index is 0.117. The first-order valence-electron chi connectivity index (χ1n) is 7.52. The first kappa shape index (κ1) is 16.3. The summed E-state index contributed by atoms with van der Waals surface area (Å²) in [6.07, 6.45) is 1.55. The Kier molecular flexibility index (Phi) is 4.75. The predicted molar refractivity (Wildman–Crippen MR) is 91.7 cm³/mol. The summed E-state index contributed by atoms with van der Waals surface area (Å²) in [6.45, 7) is -0.117. The lowest BCUT2D eigenvalue weighted by Crippen LogP contribution is -2.22. The summed E-state index contributed by atoms with van der Waals surface area (Å²) in [5, 5.41) is 7.25. The number of imide groups is 1. The SMILES string of the molecule is O=C(COc1ccc(/C=C2/NC(=O)NC2=O)cc1)Nc1ccccc1. The van der Waals surface area contributed by atoms with Crippen LogP contribution in [-0.2, 0) is 9.59 Å². The van der Waals surface area contributed by atoms with Crippen molar-refractivity contribution in [3.63, 3.8) is 0 Å². The van der Waals surface area contributed by atoms with E-state index < -0.39 is 11.9 Å². The quantitative estimate of drug-likeness (QED) is 0.573. The molecule has 1 heterocycles. The lowest BCUT2D eigenvalue weighted by atomic mass is 10.2. The van der Waals surface area contributed by atoms with E-state index >= 15 is 0 Å². The average molecular weight is 337 g/mol. The van der Waals surface area contributed by atoms with Crippen molar-refractivity contribution in [2.45, 2.75) is 0 Å². The van der Waals surface area contributed by atoms with Crippen molar-refractivity contribution >= 4 is 29.6 Å². The Bertz CT molecular complexity index is 829. The van der Waals surface area contributed by atoms with Crippen LogP contribution in [0.3, 0.4) is 0 Å². The van der Waals surface area contributed by atoms with Crippen LogP contribution in [0.5, 0.6) is 5.75 Å². The molecule has 3 N–H and O–H groups in total. The molecule has 0 spiro atoms. The molecule has 0 aliphatic carbocycles. The monoisotopic (exact) mass is 337 g/mol. The molecule has 1 saturated heterocycles. The molecule has 0 aromatic heterocycles. The number of carbonyl (C=O) groups excluding carboxylic acids is 3. The molecule has 2 aromatic rings. The number of amides is 4. The Morgan fingerprint density at radius 1 is 1.00 bits per heavy atom. The van der Waals surface area contributed by atoms with E-state index in [1.54, 1.807) is 42.5 Å². The van der Waals surface area contributed by atoms with Gasteiger partial charge < -0.3 is 15.4 Å². The van der Waals surface area contributed by atoms with Gasteiger partial charge in [0.15, 0.2) is 6.61 Å². The van der Waals surface area contributed by atoms with E-state index in [0.717, 1.165) is 0 Å². The first-order chi connectivity index (χ1) is 12.1. The predicted octanol–water partition coefficient (Wildman–Crippen LogP) is 1.88. The van der Waals surface area contributed by atoms with Crippen molar-refractivity contribution < 1.29 is 19.1 Å². The minimum atomic E-state index is -0.541. The Balaban J connectivity index is 1.54. The Hall–Kier alpha value is -3.61. The van der Waals surface area contributed by atoms with Gasteiger partial charge in [-0.15, -0.1) is 0 Å². The molecular weight excluding hydrogens is 322 g/mol. The van der Waals surface area contributed by atoms with Crippen LogP contribution in [0, 0.1) is 0 Å². The maximum atomic E-state index is 11.8. The highest BCUT2D eigenvalue weighted by atomic mass is 16.5. The van der Waals surface area contributed by atoms with Crippen molar-refractivity contribution in [1.82, 2.24) is 10.6 Å². The van der Waals surface area contributed by atoms with Crippen LogP contribution in [0.4, 0.5) is 10.5 Å². The molecule has 0 atom stereocenters. The van der Waals surface area contributed by atoms with Gasteiger partial charge in [-0.2, -0.15) is 0 Å². The van der Waals surface area contributed by atoms with Gasteiger partial charge in [0.2, 0.25) is 0 Å². The fraction of sp³-hybridized carbons (Fsp3) is 0.0556. The normalized spacial score (nSPS) is 14.8. The maximum absolute atomic E-state index is 11.8. The summed E-state index contributed by atoms with van der Waals surface area (Å²) in [6, 6.07) is 15.4. The molecule has 1 fully saturated rings. The summed E-state index contributed by atoms with van der Waals surface area (Å²) in [5.41, 5.74) is 1.60. The topological polar surface area (TPSA) is 96.5 Å². The molecule has 2 aromatic carbocycles. The van der Waals surface area contributed by atoms with Crippen LogP contribution < -0.4 is 20.7 Å². The summed E-state index contributed by atoms with van der Waals surface area (Å²) in [7, 11) is 0. The highest BCUT2D eigenvalue weighted by molar-refractivity contribution is 6.13. The van der Waals surface area contributed by atoms with Crippen LogP contribution in [0.25, 0.3) is 6.08 Å². The summed E-state index contributed by atoms with van der Waals surface area (Å²) >= 11 is 0. The lowest BCUT2D eigenvalue weighted by molar-refractivity contribution is -0.118. The highest BCUT2D eigenvalue weighted by Gasteiger charge is 2.22. The van der Waals surface area contributed by atoms with Gasteiger partial charge in [-0.05, 0) is 35.9 Å². The molecule has 3 rings (SSSR count). The van der Waals surface area contributed by atoms with Gasteiger partial charge in [0.25, 0.3) is 11.8 Å². The van der Waals surface area contributed by atoms with Gasteiger partial charge in [-0.1, -0.05) is 30.3 Å². The van der Waals surface area contributed by atoms with Gasteiger partial charge in [-0.25, -0.2) is 4.79 Å². The molecule has 0 bridgehead atoms. The zero-order chi connectivity index (χ0) is 17.6. The molecule has 25 heavy (non-hydrogen) atoms. The standard InChI is InChI=1S/C18H15N3O4/c22-16(19-13-4-2-1-3-5-13)11-25-14-8-6-12(7-9-14)10-15-17(23)21-18(24)20-15/h1-10H,11H2,(H,19,22)(H2,20,21,23,24)/b15-10+. The van der Waals surface area contributed by atoms with E-state index in [2.05, 4.69) is 16.0 Å². The zero-order valence-electron chi connectivity index (χ0n) is 13.1. The van der Waals surface area contributed by atoms with E-state index in [4.69, 9.17) is 4.74 Å². The summed E-state index contributed by atoms with van der Waals surface area (Å²) in [4.78, 5) is 34.3. The second-order valence-electron chi connectivity index (χ2n) is 5.24. The number of anilines is 1.